The van der Waals surface area contributed by atoms with Gasteiger partial charge in [0.1, 0.15) is 5.82 Å². The molecule has 0 atom stereocenters. The number of rotatable bonds is 6. The summed E-state index contributed by atoms with van der Waals surface area (Å²) < 4.78 is 72.1. The fourth-order valence-electron chi connectivity index (χ4n) is 4.90. The average molecular weight is 448 g/mol. The summed E-state index contributed by atoms with van der Waals surface area (Å²) in [6, 6.07) is 10.4. The van der Waals surface area contributed by atoms with E-state index < -0.39 is 29.8 Å². The highest BCUT2D eigenvalue weighted by Gasteiger charge is 2.23. The number of alkyl halides is 2. The van der Waals surface area contributed by atoms with E-state index in [1.54, 1.807) is 12.1 Å². The van der Waals surface area contributed by atoms with Gasteiger partial charge in [-0.25, -0.2) is 13.2 Å². The first kappa shape index (κ1) is 22.6. The van der Waals surface area contributed by atoms with Crippen LogP contribution in [0.25, 0.3) is 21.9 Å². The molecule has 0 spiro atoms. The minimum Gasteiger partial charge on any atom is -0.429 e. The van der Waals surface area contributed by atoms with Gasteiger partial charge in [0, 0.05) is 10.9 Å². The Kier molecular flexibility index (Phi) is 6.68. The summed E-state index contributed by atoms with van der Waals surface area (Å²) in [6.07, 6.45) is 7.17. The lowest BCUT2D eigenvalue weighted by Crippen LogP contribution is -2.13. The van der Waals surface area contributed by atoms with Crippen LogP contribution in [0.5, 0.6) is 5.75 Å². The molecule has 4 rings (SSSR count). The lowest BCUT2D eigenvalue weighted by molar-refractivity contribution is -0.0546. The molecule has 1 fully saturated rings. The first-order chi connectivity index (χ1) is 15.4. The summed E-state index contributed by atoms with van der Waals surface area (Å²) in [6.45, 7) is -1.15. The lowest BCUT2D eigenvalue weighted by atomic mass is 9.77. The van der Waals surface area contributed by atoms with Crippen LogP contribution in [-0.4, -0.2) is 6.61 Å². The Bertz CT molecular complexity index is 1080. The standard InChI is InChI=1S/C26H25F5O/c1-2-3-15-4-6-16(7-5-15)17-8-10-20-18(12-17)9-11-21(24(20)29)19-13-22(27)25(23(28)14-19)32-26(30)31/h8-16,26H,2-7H2,1H3/t15-,16-. The average Bonchev–Trinajstić information content (AvgIpc) is 2.77. The van der Waals surface area contributed by atoms with Gasteiger partial charge in [-0.15, -0.1) is 0 Å². The molecule has 3 aromatic rings. The van der Waals surface area contributed by atoms with Gasteiger partial charge in [-0.2, -0.15) is 8.78 Å². The van der Waals surface area contributed by atoms with Crippen LogP contribution in [0.15, 0.2) is 42.5 Å². The van der Waals surface area contributed by atoms with Gasteiger partial charge in [0.05, 0.1) is 0 Å². The Morgan fingerprint density at radius 3 is 2.22 bits per heavy atom. The highest BCUT2D eigenvalue weighted by molar-refractivity contribution is 5.89. The second kappa shape index (κ2) is 9.47. The van der Waals surface area contributed by atoms with Crippen molar-refractivity contribution >= 4 is 10.8 Å². The molecular weight excluding hydrogens is 423 g/mol. The maximum absolute atomic E-state index is 15.2. The fraction of sp³-hybridized carbons (Fsp3) is 0.385. The third-order valence-electron chi connectivity index (χ3n) is 6.51. The van der Waals surface area contributed by atoms with E-state index in [4.69, 9.17) is 0 Å². The molecule has 1 nitrogen and oxygen atoms in total. The zero-order valence-electron chi connectivity index (χ0n) is 17.8. The van der Waals surface area contributed by atoms with Crippen molar-refractivity contribution in [2.45, 2.75) is 58.0 Å². The molecule has 1 saturated carbocycles. The molecule has 0 unspecified atom stereocenters. The Morgan fingerprint density at radius 2 is 1.59 bits per heavy atom. The summed E-state index contributed by atoms with van der Waals surface area (Å²) in [5, 5.41) is 1.07. The quantitative estimate of drug-likeness (QED) is 0.343. The van der Waals surface area contributed by atoms with Crippen LogP contribution in [0.4, 0.5) is 22.0 Å². The molecule has 0 bridgehead atoms. The smallest absolute Gasteiger partial charge is 0.387 e. The summed E-state index contributed by atoms with van der Waals surface area (Å²) in [7, 11) is 0. The maximum atomic E-state index is 15.2. The number of ether oxygens (including phenoxy) is 1. The van der Waals surface area contributed by atoms with Gasteiger partial charge >= 0.3 is 6.61 Å². The lowest BCUT2D eigenvalue weighted by Gasteiger charge is -2.28. The maximum Gasteiger partial charge on any atom is 0.387 e. The predicted octanol–water partition coefficient (Wildman–Crippen LogP) is 8.60. The molecule has 0 saturated heterocycles. The topological polar surface area (TPSA) is 9.23 Å². The van der Waals surface area contributed by atoms with Gasteiger partial charge in [-0.1, -0.05) is 50.1 Å². The second-order valence-corrected chi connectivity index (χ2v) is 8.56. The highest BCUT2D eigenvalue weighted by atomic mass is 19.3. The second-order valence-electron chi connectivity index (χ2n) is 8.56. The van der Waals surface area contributed by atoms with Crippen LogP contribution >= 0.6 is 0 Å². The van der Waals surface area contributed by atoms with E-state index in [1.165, 1.54) is 37.3 Å². The molecule has 32 heavy (non-hydrogen) atoms. The van der Waals surface area contributed by atoms with Crippen LogP contribution in [0.1, 0.15) is 56.9 Å². The van der Waals surface area contributed by atoms with Gasteiger partial charge in [-0.05, 0) is 66.2 Å². The van der Waals surface area contributed by atoms with Gasteiger partial charge in [0.2, 0.25) is 0 Å². The van der Waals surface area contributed by atoms with Crippen molar-refractivity contribution in [3.63, 3.8) is 0 Å². The Labute approximate surface area is 184 Å². The predicted molar refractivity (Wildman–Crippen MR) is 115 cm³/mol. The van der Waals surface area contributed by atoms with Crippen molar-refractivity contribution in [1.29, 1.82) is 0 Å². The van der Waals surface area contributed by atoms with E-state index in [0.717, 1.165) is 36.3 Å². The van der Waals surface area contributed by atoms with E-state index in [9.17, 15) is 17.6 Å². The molecule has 0 N–H and O–H groups in total. The number of hydrogen-bond acceptors (Lipinski definition) is 1. The van der Waals surface area contributed by atoms with Gasteiger partial charge in [0.25, 0.3) is 0 Å². The van der Waals surface area contributed by atoms with Crippen molar-refractivity contribution in [3.05, 3.63) is 65.5 Å². The first-order valence-corrected chi connectivity index (χ1v) is 11.0. The Morgan fingerprint density at radius 1 is 0.906 bits per heavy atom. The molecule has 0 aromatic heterocycles. The fourth-order valence-corrected chi connectivity index (χ4v) is 4.90. The highest BCUT2D eigenvalue weighted by Crippen LogP contribution is 2.39. The molecular formula is C26H25F5O. The van der Waals surface area contributed by atoms with Crippen LogP contribution in [0.3, 0.4) is 0 Å². The van der Waals surface area contributed by atoms with Crippen LogP contribution in [0, 0.1) is 23.4 Å². The Hall–Kier alpha value is -2.63. The summed E-state index contributed by atoms with van der Waals surface area (Å²) in [5.74, 6) is -3.15. The van der Waals surface area contributed by atoms with Crippen molar-refractivity contribution in [1.82, 2.24) is 0 Å². The molecule has 0 heterocycles. The van der Waals surface area contributed by atoms with E-state index in [0.29, 0.717) is 11.3 Å². The summed E-state index contributed by atoms with van der Waals surface area (Å²) in [4.78, 5) is 0. The SMILES string of the molecule is CCC[C@H]1CC[C@H](c2ccc3c(F)c(-c4cc(F)c(OC(F)F)c(F)c4)ccc3c2)CC1. The number of hydrogen-bond donors (Lipinski definition) is 0. The van der Waals surface area contributed by atoms with Crippen molar-refractivity contribution in [2.24, 2.45) is 5.92 Å². The molecule has 6 heteroatoms. The minimum atomic E-state index is -3.36. The van der Waals surface area contributed by atoms with Crippen molar-refractivity contribution < 1.29 is 26.7 Å². The molecule has 0 aliphatic heterocycles. The molecule has 1 aliphatic carbocycles. The minimum absolute atomic E-state index is 0.00767. The molecule has 3 aromatic carbocycles. The van der Waals surface area contributed by atoms with Gasteiger partial charge < -0.3 is 4.74 Å². The van der Waals surface area contributed by atoms with Crippen LogP contribution < -0.4 is 4.74 Å². The largest absolute Gasteiger partial charge is 0.429 e. The van der Waals surface area contributed by atoms with Crippen molar-refractivity contribution in [2.75, 3.05) is 0 Å². The molecule has 1 aliphatic rings. The summed E-state index contributed by atoms with van der Waals surface area (Å²) in [5.41, 5.74) is 1.09. The normalized spacial score (nSPS) is 19.0. The Balaban J connectivity index is 1.62. The van der Waals surface area contributed by atoms with Crippen LogP contribution in [0.2, 0.25) is 0 Å². The number of fused-ring (bicyclic) bond motifs is 1. The number of benzene rings is 3. The van der Waals surface area contributed by atoms with Gasteiger partial charge in [0.15, 0.2) is 17.4 Å². The molecule has 0 radical (unpaired) electrons. The molecule has 0 amide bonds. The third kappa shape index (κ3) is 4.59. The van der Waals surface area contributed by atoms with Crippen LogP contribution in [-0.2, 0) is 0 Å². The first-order valence-electron chi connectivity index (χ1n) is 11.0. The monoisotopic (exact) mass is 448 g/mol. The zero-order chi connectivity index (χ0) is 22.8. The molecule has 170 valence electrons. The van der Waals surface area contributed by atoms with Crippen molar-refractivity contribution in [3.8, 4) is 16.9 Å². The van der Waals surface area contributed by atoms with E-state index in [1.807, 2.05) is 12.1 Å². The zero-order valence-corrected chi connectivity index (χ0v) is 17.8. The van der Waals surface area contributed by atoms with E-state index in [-0.39, 0.29) is 11.1 Å². The third-order valence-corrected chi connectivity index (χ3v) is 6.51. The summed E-state index contributed by atoms with van der Waals surface area (Å²) >= 11 is 0. The van der Waals surface area contributed by atoms with E-state index in [2.05, 4.69) is 11.7 Å². The van der Waals surface area contributed by atoms with E-state index >= 15 is 4.39 Å². The van der Waals surface area contributed by atoms with Gasteiger partial charge in [-0.3, -0.25) is 0 Å². The number of halogens is 5.